The molecule has 0 bridgehead atoms. The zero-order valence-electron chi connectivity index (χ0n) is 16.1. The number of benzene rings is 1. The van der Waals surface area contributed by atoms with Gasteiger partial charge in [0.1, 0.15) is 0 Å². The standard InChI is InChI=1S/C22H16F6S2/c1-11-9-15(12(2)29-11)18-19(21(25,26)22(27,28)20(18,23)24)16-10-17(30-13(16)3)14-7-5-4-6-8-14/h4-10H,1-3H3. The van der Waals surface area contributed by atoms with Gasteiger partial charge in [-0.1, -0.05) is 30.3 Å². The van der Waals surface area contributed by atoms with Crippen LogP contribution >= 0.6 is 22.7 Å². The van der Waals surface area contributed by atoms with Crippen LogP contribution in [0.3, 0.4) is 0 Å². The summed E-state index contributed by atoms with van der Waals surface area (Å²) in [4.78, 5) is 1.70. The second-order valence-electron chi connectivity index (χ2n) is 7.25. The Kier molecular flexibility index (Phi) is 4.74. The Hall–Kier alpha value is -2.06. The normalized spacial score (nSPS) is 19.5. The molecule has 1 aromatic carbocycles. The first-order valence-corrected chi connectivity index (χ1v) is 10.6. The summed E-state index contributed by atoms with van der Waals surface area (Å²) >= 11 is 2.21. The zero-order valence-corrected chi connectivity index (χ0v) is 17.8. The Morgan fingerprint density at radius 3 is 1.67 bits per heavy atom. The lowest BCUT2D eigenvalue weighted by molar-refractivity contribution is -0.254. The molecule has 0 unspecified atom stereocenters. The van der Waals surface area contributed by atoms with Gasteiger partial charge in [-0.05, 0) is 49.6 Å². The Labute approximate surface area is 177 Å². The third-order valence-corrected chi connectivity index (χ3v) is 7.29. The highest BCUT2D eigenvalue weighted by atomic mass is 32.1. The molecule has 0 saturated carbocycles. The van der Waals surface area contributed by atoms with Gasteiger partial charge in [-0.25, -0.2) is 0 Å². The van der Waals surface area contributed by atoms with Crippen molar-refractivity contribution in [2.24, 2.45) is 0 Å². The largest absolute Gasteiger partial charge is 0.380 e. The van der Waals surface area contributed by atoms with E-state index < -0.39 is 28.9 Å². The Morgan fingerprint density at radius 2 is 1.17 bits per heavy atom. The smallest absolute Gasteiger partial charge is 0.194 e. The SMILES string of the molecule is Cc1cc(C2=C(c3cc(-c4ccccc4)sc3C)C(F)(F)C(F)(F)C2(F)F)c(C)s1. The van der Waals surface area contributed by atoms with Gasteiger partial charge in [0.25, 0.3) is 0 Å². The van der Waals surface area contributed by atoms with E-state index in [-0.39, 0.29) is 16.0 Å². The van der Waals surface area contributed by atoms with Gasteiger partial charge in [0.2, 0.25) is 0 Å². The fraction of sp³-hybridized carbons (Fsp3) is 0.273. The minimum absolute atomic E-state index is 0.249. The summed E-state index contributed by atoms with van der Waals surface area (Å²) in [5.41, 5.74) is -2.38. The van der Waals surface area contributed by atoms with Gasteiger partial charge in [-0.3, -0.25) is 0 Å². The lowest BCUT2D eigenvalue weighted by atomic mass is 9.95. The molecule has 0 radical (unpaired) electrons. The van der Waals surface area contributed by atoms with E-state index in [9.17, 15) is 26.3 Å². The number of halogens is 6. The summed E-state index contributed by atoms with van der Waals surface area (Å²) in [6.07, 6.45) is 0. The number of thiophene rings is 2. The van der Waals surface area contributed by atoms with Crippen molar-refractivity contribution >= 4 is 33.8 Å². The Bertz CT molecular complexity index is 1150. The predicted octanol–water partition coefficient (Wildman–Crippen LogP) is 8.23. The van der Waals surface area contributed by atoms with Crippen molar-refractivity contribution in [3.63, 3.8) is 0 Å². The summed E-state index contributed by atoms with van der Waals surface area (Å²) in [5.74, 6) is -15.6. The molecule has 30 heavy (non-hydrogen) atoms. The number of rotatable bonds is 3. The molecule has 0 atom stereocenters. The highest BCUT2D eigenvalue weighted by Crippen LogP contribution is 2.65. The van der Waals surface area contributed by atoms with E-state index in [1.807, 2.05) is 0 Å². The van der Waals surface area contributed by atoms with Crippen molar-refractivity contribution in [1.82, 2.24) is 0 Å². The predicted molar refractivity (Wildman–Crippen MR) is 110 cm³/mol. The highest BCUT2D eigenvalue weighted by Gasteiger charge is 2.80. The molecule has 158 valence electrons. The summed E-state index contributed by atoms with van der Waals surface area (Å²) in [5, 5.41) is 0. The average molecular weight is 458 g/mol. The number of alkyl halides is 6. The van der Waals surface area contributed by atoms with Crippen LogP contribution in [-0.4, -0.2) is 17.8 Å². The van der Waals surface area contributed by atoms with Gasteiger partial charge < -0.3 is 0 Å². The van der Waals surface area contributed by atoms with Gasteiger partial charge in [-0.15, -0.1) is 22.7 Å². The minimum Gasteiger partial charge on any atom is -0.194 e. The van der Waals surface area contributed by atoms with E-state index in [1.165, 1.54) is 26.0 Å². The molecule has 0 N–H and O–H groups in total. The summed E-state index contributed by atoms with van der Waals surface area (Å²) in [6, 6.07) is 11.3. The minimum atomic E-state index is -5.53. The average Bonchev–Trinajstić information content (AvgIpc) is 3.23. The van der Waals surface area contributed by atoms with Crippen LogP contribution in [0.1, 0.15) is 25.8 Å². The van der Waals surface area contributed by atoms with Crippen LogP contribution in [0.4, 0.5) is 26.3 Å². The van der Waals surface area contributed by atoms with Gasteiger partial charge in [0, 0.05) is 30.7 Å². The Morgan fingerprint density at radius 1 is 0.667 bits per heavy atom. The first-order valence-electron chi connectivity index (χ1n) is 9.02. The second kappa shape index (κ2) is 6.72. The lowest BCUT2D eigenvalue weighted by Gasteiger charge is -2.25. The molecular formula is C22H16F6S2. The van der Waals surface area contributed by atoms with Gasteiger partial charge in [-0.2, -0.15) is 26.3 Å². The van der Waals surface area contributed by atoms with Crippen LogP contribution in [0, 0.1) is 20.8 Å². The third-order valence-electron chi connectivity index (χ3n) is 5.22. The molecule has 8 heteroatoms. The van der Waals surface area contributed by atoms with Crippen LogP contribution in [0.15, 0.2) is 42.5 Å². The quantitative estimate of drug-likeness (QED) is 0.347. The zero-order chi connectivity index (χ0) is 22.1. The van der Waals surface area contributed by atoms with Crippen molar-refractivity contribution in [3.8, 4) is 10.4 Å². The van der Waals surface area contributed by atoms with Crippen molar-refractivity contribution in [2.75, 3.05) is 0 Å². The molecule has 2 heterocycles. The summed E-state index contributed by atoms with van der Waals surface area (Å²) < 4.78 is 88.5. The van der Waals surface area contributed by atoms with E-state index >= 15 is 0 Å². The molecule has 0 nitrogen and oxygen atoms in total. The molecule has 1 aliphatic rings. The molecular weight excluding hydrogens is 442 g/mol. The molecule has 0 saturated heterocycles. The van der Waals surface area contributed by atoms with Crippen LogP contribution in [0.2, 0.25) is 0 Å². The van der Waals surface area contributed by atoms with Crippen LogP contribution in [-0.2, 0) is 0 Å². The molecule has 0 fully saturated rings. The molecule has 0 spiro atoms. The van der Waals surface area contributed by atoms with Gasteiger partial charge in [0.05, 0.1) is 0 Å². The lowest BCUT2D eigenvalue weighted by Crippen LogP contribution is -2.48. The molecule has 4 rings (SSSR count). The monoisotopic (exact) mass is 458 g/mol. The molecule has 3 aromatic rings. The van der Waals surface area contributed by atoms with E-state index in [2.05, 4.69) is 0 Å². The number of aryl methyl sites for hydroxylation is 3. The molecule has 0 amide bonds. The second-order valence-corrected chi connectivity index (χ2v) is 9.96. The van der Waals surface area contributed by atoms with E-state index in [4.69, 9.17) is 0 Å². The maximum Gasteiger partial charge on any atom is 0.380 e. The van der Waals surface area contributed by atoms with Crippen LogP contribution in [0.25, 0.3) is 21.6 Å². The molecule has 0 aliphatic heterocycles. The third kappa shape index (κ3) is 2.80. The maximum absolute atomic E-state index is 15.0. The van der Waals surface area contributed by atoms with Crippen molar-refractivity contribution < 1.29 is 26.3 Å². The highest BCUT2D eigenvalue weighted by molar-refractivity contribution is 7.15. The number of allylic oxidation sites excluding steroid dienone is 2. The van der Waals surface area contributed by atoms with Crippen LogP contribution in [0.5, 0.6) is 0 Å². The fourth-order valence-electron chi connectivity index (χ4n) is 3.79. The molecule has 2 aromatic heterocycles. The number of hydrogen-bond acceptors (Lipinski definition) is 2. The van der Waals surface area contributed by atoms with E-state index in [1.54, 1.807) is 37.3 Å². The van der Waals surface area contributed by atoms with Gasteiger partial charge >= 0.3 is 17.8 Å². The summed E-state index contributed by atoms with van der Waals surface area (Å²) in [7, 11) is 0. The van der Waals surface area contributed by atoms with Gasteiger partial charge in [0.15, 0.2) is 0 Å². The number of hydrogen-bond donors (Lipinski definition) is 0. The van der Waals surface area contributed by atoms with E-state index in [0.29, 0.717) is 20.2 Å². The first kappa shape index (κ1) is 21.2. The topological polar surface area (TPSA) is 0 Å². The Balaban J connectivity index is 2.05. The van der Waals surface area contributed by atoms with Crippen molar-refractivity contribution in [2.45, 2.75) is 38.5 Å². The van der Waals surface area contributed by atoms with Crippen molar-refractivity contribution in [3.05, 3.63) is 68.2 Å². The van der Waals surface area contributed by atoms with Crippen LogP contribution < -0.4 is 0 Å². The fourth-order valence-corrected chi connectivity index (χ4v) is 5.75. The summed E-state index contributed by atoms with van der Waals surface area (Å²) in [6.45, 7) is 4.57. The van der Waals surface area contributed by atoms with Crippen molar-refractivity contribution in [1.29, 1.82) is 0 Å². The first-order chi connectivity index (χ1) is 13.9. The van der Waals surface area contributed by atoms with E-state index in [0.717, 1.165) is 22.7 Å². The molecule has 1 aliphatic carbocycles. The maximum atomic E-state index is 15.0.